The Kier molecular flexibility index (Phi) is 4.87. The predicted molar refractivity (Wildman–Crippen MR) is 112 cm³/mol. The predicted octanol–water partition coefficient (Wildman–Crippen LogP) is 5.23. The average molecular weight is 385 g/mol. The van der Waals surface area contributed by atoms with Crippen LogP contribution in [0.1, 0.15) is 32.0 Å². The number of ketones is 1. The normalized spacial score (nSPS) is 10.7. The van der Waals surface area contributed by atoms with E-state index in [-0.39, 0.29) is 17.5 Å². The van der Waals surface area contributed by atoms with Crippen molar-refractivity contribution < 1.29 is 18.7 Å². The van der Waals surface area contributed by atoms with Crippen LogP contribution in [0.5, 0.6) is 5.75 Å². The summed E-state index contributed by atoms with van der Waals surface area (Å²) in [5, 5.41) is 3.55. The lowest BCUT2D eigenvalue weighted by molar-refractivity contribution is 0.101. The first-order valence-electron chi connectivity index (χ1n) is 9.15. The lowest BCUT2D eigenvalue weighted by Crippen LogP contribution is -2.15. The monoisotopic (exact) mass is 385 g/mol. The Labute approximate surface area is 167 Å². The quantitative estimate of drug-likeness (QED) is 0.478. The Morgan fingerprint density at radius 3 is 2.48 bits per heavy atom. The molecule has 5 nitrogen and oxygen atoms in total. The number of aryl methyl sites for hydroxylation is 1. The highest BCUT2D eigenvalue weighted by molar-refractivity contribution is 6.19. The number of carbonyl (C=O) groups excluding carboxylic acids is 2. The van der Waals surface area contributed by atoms with E-state index in [2.05, 4.69) is 5.32 Å². The van der Waals surface area contributed by atoms with Crippen LogP contribution in [-0.2, 0) is 0 Å². The zero-order valence-electron chi connectivity index (χ0n) is 16.1. The number of methoxy groups -OCH3 is 1. The molecule has 1 heterocycles. The Balaban J connectivity index is 1.80. The molecule has 4 rings (SSSR count). The van der Waals surface area contributed by atoms with Crippen LogP contribution in [0, 0.1) is 6.92 Å². The second-order valence-corrected chi connectivity index (χ2v) is 6.63. The zero-order chi connectivity index (χ0) is 20.4. The first kappa shape index (κ1) is 18.5. The molecular weight excluding hydrogens is 366 g/mol. The van der Waals surface area contributed by atoms with Gasteiger partial charge < -0.3 is 14.5 Å². The molecule has 0 aliphatic rings. The van der Waals surface area contributed by atoms with E-state index in [1.807, 2.05) is 37.3 Å². The minimum atomic E-state index is -0.333. The third-order valence-electron chi connectivity index (χ3n) is 4.76. The van der Waals surface area contributed by atoms with Crippen molar-refractivity contribution in [1.29, 1.82) is 0 Å². The molecule has 0 spiro atoms. The molecule has 0 saturated heterocycles. The summed E-state index contributed by atoms with van der Waals surface area (Å²) in [6.07, 6.45) is 0. The van der Waals surface area contributed by atoms with Gasteiger partial charge >= 0.3 is 0 Å². The molecule has 0 fully saturated rings. The standard InChI is InChI=1S/C24H19NO4/c1-15-8-3-4-11-18(15)24(27)25-21-19-12-5-6-13-20(19)29-23(21)22(26)16-9-7-10-17(14-16)28-2/h3-14H,1-2H3,(H,25,27). The molecule has 1 amide bonds. The molecule has 0 unspecified atom stereocenters. The van der Waals surface area contributed by atoms with Gasteiger partial charge in [-0.15, -0.1) is 0 Å². The van der Waals surface area contributed by atoms with Gasteiger partial charge in [-0.1, -0.05) is 42.5 Å². The summed E-state index contributed by atoms with van der Waals surface area (Å²) >= 11 is 0. The molecule has 0 saturated carbocycles. The highest BCUT2D eigenvalue weighted by Crippen LogP contribution is 2.33. The fourth-order valence-electron chi connectivity index (χ4n) is 3.23. The maximum atomic E-state index is 13.2. The summed E-state index contributed by atoms with van der Waals surface area (Å²) in [6, 6.07) is 21.3. The molecule has 0 bridgehead atoms. The van der Waals surface area contributed by atoms with Crippen LogP contribution in [0.2, 0.25) is 0 Å². The number of para-hydroxylation sites is 1. The lowest BCUT2D eigenvalue weighted by atomic mass is 10.1. The third kappa shape index (κ3) is 3.50. The van der Waals surface area contributed by atoms with Crippen LogP contribution in [0.15, 0.2) is 77.2 Å². The van der Waals surface area contributed by atoms with Gasteiger partial charge in [0.1, 0.15) is 11.3 Å². The molecular formula is C24H19NO4. The Morgan fingerprint density at radius 1 is 0.931 bits per heavy atom. The van der Waals surface area contributed by atoms with E-state index in [1.165, 1.54) is 0 Å². The van der Waals surface area contributed by atoms with Crippen LogP contribution in [0.3, 0.4) is 0 Å². The van der Waals surface area contributed by atoms with Crippen molar-refractivity contribution in [3.63, 3.8) is 0 Å². The van der Waals surface area contributed by atoms with Gasteiger partial charge in [0.05, 0.1) is 12.8 Å². The van der Waals surface area contributed by atoms with E-state index in [0.717, 1.165) is 5.56 Å². The van der Waals surface area contributed by atoms with Crippen molar-refractivity contribution in [2.24, 2.45) is 0 Å². The van der Waals surface area contributed by atoms with Gasteiger partial charge in [0.15, 0.2) is 5.76 Å². The number of rotatable bonds is 5. The van der Waals surface area contributed by atoms with E-state index >= 15 is 0 Å². The molecule has 0 radical (unpaired) electrons. The maximum absolute atomic E-state index is 13.2. The number of ether oxygens (including phenoxy) is 1. The fraction of sp³-hybridized carbons (Fsp3) is 0.0833. The molecule has 5 heteroatoms. The number of hydrogen-bond donors (Lipinski definition) is 1. The van der Waals surface area contributed by atoms with E-state index in [9.17, 15) is 9.59 Å². The van der Waals surface area contributed by atoms with E-state index in [0.29, 0.717) is 33.5 Å². The number of anilines is 1. The SMILES string of the molecule is COc1cccc(C(=O)c2oc3ccccc3c2NC(=O)c2ccccc2C)c1. The number of amides is 1. The van der Waals surface area contributed by atoms with Gasteiger partial charge in [0, 0.05) is 16.5 Å². The first-order chi connectivity index (χ1) is 14.1. The fourth-order valence-corrected chi connectivity index (χ4v) is 3.23. The maximum Gasteiger partial charge on any atom is 0.256 e. The minimum Gasteiger partial charge on any atom is -0.497 e. The van der Waals surface area contributed by atoms with Crippen molar-refractivity contribution in [1.82, 2.24) is 0 Å². The zero-order valence-corrected chi connectivity index (χ0v) is 16.1. The number of carbonyl (C=O) groups is 2. The van der Waals surface area contributed by atoms with E-state index < -0.39 is 0 Å². The smallest absolute Gasteiger partial charge is 0.256 e. The summed E-state index contributed by atoms with van der Waals surface area (Å²) < 4.78 is 11.1. The summed E-state index contributed by atoms with van der Waals surface area (Å²) in [7, 11) is 1.54. The molecule has 4 aromatic rings. The highest BCUT2D eigenvalue weighted by atomic mass is 16.5. The molecule has 0 atom stereocenters. The molecule has 1 N–H and O–H groups in total. The van der Waals surface area contributed by atoms with Crippen molar-refractivity contribution >= 4 is 28.3 Å². The number of hydrogen-bond acceptors (Lipinski definition) is 4. The van der Waals surface area contributed by atoms with Gasteiger partial charge in [-0.3, -0.25) is 9.59 Å². The molecule has 0 aliphatic carbocycles. The average Bonchev–Trinajstić information content (AvgIpc) is 3.12. The molecule has 29 heavy (non-hydrogen) atoms. The van der Waals surface area contributed by atoms with Crippen molar-refractivity contribution in [2.45, 2.75) is 6.92 Å². The van der Waals surface area contributed by atoms with Crippen LogP contribution in [0.25, 0.3) is 11.0 Å². The summed E-state index contributed by atoms with van der Waals surface area (Å²) in [5.74, 6) is 0.0216. The van der Waals surface area contributed by atoms with Crippen molar-refractivity contribution in [3.8, 4) is 5.75 Å². The summed E-state index contributed by atoms with van der Waals surface area (Å²) in [5.41, 5.74) is 2.69. The number of fused-ring (bicyclic) bond motifs is 1. The minimum absolute atomic E-state index is 0.0846. The highest BCUT2D eigenvalue weighted by Gasteiger charge is 2.24. The van der Waals surface area contributed by atoms with Crippen LogP contribution < -0.4 is 10.1 Å². The molecule has 0 aliphatic heterocycles. The van der Waals surface area contributed by atoms with Crippen LogP contribution >= 0.6 is 0 Å². The Morgan fingerprint density at radius 2 is 1.69 bits per heavy atom. The number of benzene rings is 3. The Hall–Kier alpha value is -3.86. The number of nitrogens with one attached hydrogen (secondary N) is 1. The molecule has 3 aromatic carbocycles. The number of furan rings is 1. The third-order valence-corrected chi connectivity index (χ3v) is 4.76. The first-order valence-corrected chi connectivity index (χ1v) is 9.15. The second kappa shape index (κ2) is 7.64. The van der Waals surface area contributed by atoms with E-state index in [1.54, 1.807) is 49.6 Å². The van der Waals surface area contributed by atoms with Gasteiger partial charge in [-0.25, -0.2) is 0 Å². The van der Waals surface area contributed by atoms with E-state index in [4.69, 9.17) is 9.15 Å². The largest absolute Gasteiger partial charge is 0.497 e. The van der Waals surface area contributed by atoms with Crippen molar-refractivity contribution in [2.75, 3.05) is 12.4 Å². The van der Waals surface area contributed by atoms with Crippen molar-refractivity contribution in [3.05, 3.63) is 95.2 Å². The van der Waals surface area contributed by atoms with Crippen LogP contribution in [0.4, 0.5) is 5.69 Å². The van der Waals surface area contributed by atoms with Gasteiger partial charge in [-0.05, 0) is 42.8 Å². The molecule has 1 aromatic heterocycles. The lowest BCUT2D eigenvalue weighted by Gasteiger charge is -2.08. The summed E-state index contributed by atoms with van der Waals surface area (Å²) in [4.78, 5) is 26.1. The summed E-state index contributed by atoms with van der Waals surface area (Å²) in [6.45, 7) is 1.87. The van der Waals surface area contributed by atoms with Crippen LogP contribution in [-0.4, -0.2) is 18.8 Å². The molecule has 144 valence electrons. The topological polar surface area (TPSA) is 68.5 Å². The van der Waals surface area contributed by atoms with Gasteiger partial charge in [0.2, 0.25) is 5.78 Å². The second-order valence-electron chi connectivity index (χ2n) is 6.63. The van der Waals surface area contributed by atoms with Gasteiger partial charge in [-0.2, -0.15) is 0 Å². The van der Waals surface area contributed by atoms with Gasteiger partial charge in [0.25, 0.3) is 5.91 Å². The Bertz CT molecular complexity index is 1220.